The van der Waals surface area contributed by atoms with E-state index in [1.807, 2.05) is 10.8 Å². The van der Waals surface area contributed by atoms with Crippen LogP contribution in [0.3, 0.4) is 0 Å². The Morgan fingerprint density at radius 2 is 2.33 bits per heavy atom. The lowest BCUT2D eigenvalue weighted by atomic mass is 10.0. The van der Waals surface area contributed by atoms with Gasteiger partial charge in [-0.15, -0.1) is 0 Å². The molecule has 0 aliphatic rings. The second-order valence-corrected chi connectivity index (χ2v) is 3.76. The minimum Gasteiger partial charge on any atom is -0.481 e. The van der Waals surface area contributed by atoms with Gasteiger partial charge in [0.1, 0.15) is 0 Å². The first kappa shape index (κ1) is 11.7. The van der Waals surface area contributed by atoms with Crippen molar-refractivity contribution in [2.24, 2.45) is 5.92 Å². The molecule has 5 heteroatoms. The molecule has 0 fully saturated rings. The number of esters is 1. The average molecular weight is 228 g/mol. The van der Waals surface area contributed by atoms with Gasteiger partial charge in [-0.2, -0.15) is 11.3 Å². The van der Waals surface area contributed by atoms with E-state index in [0.717, 1.165) is 5.56 Å². The summed E-state index contributed by atoms with van der Waals surface area (Å²) >= 11 is 1.47. The Morgan fingerprint density at radius 3 is 2.80 bits per heavy atom. The molecule has 1 aromatic heterocycles. The molecule has 82 valence electrons. The Morgan fingerprint density at radius 1 is 1.60 bits per heavy atom. The van der Waals surface area contributed by atoms with Crippen LogP contribution in [-0.4, -0.2) is 23.7 Å². The van der Waals surface area contributed by atoms with E-state index in [9.17, 15) is 9.59 Å². The summed E-state index contributed by atoms with van der Waals surface area (Å²) in [6, 6.07) is 1.81. The first-order valence-corrected chi connectivity index (χ1v) is 5.50. The van der Waals surface area contributed by atoms with Crippen LogP contribution in [0.5, 0.6) is 0 Å². The molecular formula is C10H12O4S. The van der Waals surface area contributed by atoms with Crippen molar-refractivity contribution in [3.63, 3.8) is 0 Å². The van der Waals surface area contributed by atoms with Gasteiger partial charge < -0.3 is 9.84 Å². The van der Waals surface area contributed by atoms with Gasteiger partial charge in [-0.1, -0.05) is 0 Å². The van der Waals surface area contributed by atoms with E-state index >= 15 is 0 Å². The van der Waals surface area contributed by atoms with Crippen molar-refractivity contribution in [2.75, 3.05) is 6.61 Å². The average Bonchev–Trinajstić information content (AvgIpc) is 2.66. The van der Waals surface area contributed by atoms with Gasteiger partial charge in [0.25, 0.3) is 0 Å². The van der Waals surface area contributed by atoms with E-state index in [1.54, 1.807) is 13.0 Å². The number of carbonyl (C=O) groups excluding carboxylic acids is 1. The van der Waals surface area contributed by atoms with Gasteiger partial charge in [-0.3, -0.25) is 9.59 Å². The zero-order valence-electron chi connectivity index (χ0n) is 8.30. The van der Waals surface area contributed by atoms with Crippen LogP contribution in [0.4, 0.5) is 0 Å². The van der Waals surface area contributed by atoms with Crippen molar-refractivity contribution in [1.29, 1.82) is 0 Å². The van der Waals surface area contributed by atoms with Crippen LogP contribution >= 0.6 is 11.3 Å². The SMILES string of the molecule is CCOC(=O)C(Cc1ccsc1)C(=O)O. The zero-order chi connectivity index (χ0) is 11.3. The van der Waals surface area contributed by atoms with E-state index in [2.05, 4.69) is 0 Å². The Bertz CT molecular complexity index is 331. The summed E-state index contributed by atoms with van der Waals surface area (Å²) in [5, 5.41) is 12.5. The number of carboxylic acid groups (broad SMARTS) is 1. The highest BCUT2D eigenvalue weighted by molar-refractivity contribution is 7.07. The summed E-state index contributed by atoms with van der Waals surface area (Å²) in [4.78, 5) is 22.2. The summed E-state index contributed by atoms with van der Waals surface area (Å²) in [5.74, 6) is -2.91. The number of hydrogen-bond donors (Lipinski definition) is 1. The van der Waals surface area contributed by atoms with Gasteiger partial charge in [-0.05, 0) is 35.7 Å². The Hall–Kier alpha value is -1.36. The van der Waals surface area contributed by atoms with Crippen LogP contribution in [-0.2, 0) is 20.7 Å². The number of rotatable bonds is 5. The van der Waals surface area contributed by atoms with Crippen molar-refractivity contribution in [2.45, 2.75) is 13.3 Å². The van der Waals surface area contributed by atoms with Gasteiger partial charge in [-0.25, -0.2) is 0 Å². The maximum atomic E-state index is 11.3. The number of carboxylic acids is 1. The van der Waals surface area contributed by atoms with Crippen molar-refractivity contribution in [1.82, 2.24) is 0 Å². The third-order valence-electron chi connectivity index (χ3n) is 1.89. The Labute approximate surface area is 91.5 Å². The summed E-state index contributed by atoms with van der Waals surface area (Å²) in [5.41, 5.74) is 0.848. The molecule has 0 aliphatic heterocycles. The van der Waals surface area contributed by atoms with E-state index < -0.39 is 17.9 Å². The Kier molecular flexibility index (Phi) is 4.30. The highest BCUT2D eigenvalue weighted by atomic mass is 32.1. The van der Waals surface area contributed by atoms with Gasteiger partial charge in [0, 0.05) is 0 Å². The maximum Gasteiger partial charge on any atom is 0.320 e. The summed E-state index contributed by atoms with van der Waals surface area (Å²) in [6.45, 7) is 1.85. The monoisotopic (exact) mass is 228 g/mol. The molecule has 4 nitrogen and oxygen atoms in total. The van der Waals surface area contributed by atoms with Crippen molar-refractivity contribution in [3.8, 4) is 0 Å². The predicted octanol–water partition coefficient (Wildman–Crippen LogP) is 1.55. The third-order valence-corrected chi connectivity index (χ3v) is 2.62. The largest absolute Gasteiger partial charge is 0.481 e. The minimum atomic E-state index is -1.14. The third kappa shape index (κ3) is 3.36. The topological polar surface area (TPSA) is 63.6 Å². The lowest BCUT2D eigenvalue weighted by Crippen LogP contribution is -2.27. The van der Waals surface area contributed by atoms with Crippen LogP contribution in [0.15, 0.2) is 16.8 Å². The molecule has 0 aromatic carbocycles. The highest BCUT2D eigenvalue weighted by Gasteiger charge is 2.27. The molecule has 0 saturated carbocycles. The van der Waals surface area contributed by atoms with E-state index in [0.29, 0.717) is 0 Å². The molecule has 0 aliphatic carbocycles. The fourth-order valence-corrected chi connectivity index (χ4v) is 1.84. The molecule has 15 heavy (non-hydrogen) atoms. The van der Waals surface area contributed by atoms with Gasteiger partial charge in [0.15, 0.2) is 5.92 Å². The second kappa shape index (κ2) is 5.50. The van der Waals surface area contributed by atoms with Crippen molar-refractivity contribution >= 4 is 23.3 Å². The summed E-state index contributed by atoms with van der Waals surface area (Å²) in [6.07, 6.45) is 0.192. The van der Waals surface area contributed by atoms with E-state index in [4.69, 9.17) is 9.84 Å². The fourth-order valence-electron chi connectivity index (χ4n) is 1.16. The fraction of sp³-hybridized carbons (Fsp3) is 0.400. The van der Waals surface area contributed by atoms with E-state index in [1.165, 1.54) is 11.3 Å². The molecule has 1 unspecified atom stereocenters. The van der Waals surface area contributed by atoms with Gasteiger partial charge in [0.2, 0.25) is 0 Å². The standard InChI is InChI=1S/C10H12O4S/c1-2-14-10(13)8(9(11)12)5-7-3-4-15-6-7/h3-4,6,8H,2,5H2,1H3,(H,11,12). The molecule has 0 amide bonds. The van der Waals surface area contributed by atoms with Crippen LogP contribution in [0.25, 0.3) is 0 Å². The smallest absolute Gasteiger partial charge is 0.320 e. The lowest BCUT2D eigenvalue weighted by Gasteiger charge is -2.09. The van der Waals surface area contributed by atoms with E-state index in [-0.39, 0.29) is 13.0 Å². The number of ether oxygens (including phenoxy) is 1. The molecule has 0 bridgehead atoms. The molecule has 0 saturated heterocycles. The Balaban J connectivity index is 2.66. The van der Waals surface area contributed by atoms with Crippen molar-refractivity contribution < 1.29 is 19.4 Å². The second-order valence-electron chi connectivity index (χ2n) is 2.98. The summed E-state index contributed by atoms with van der Waals surface area (Å²) < 4.78 is 4.70. The summed E-state index contributed by atoms with van der Waals surface area (Å²) in [7, 11) is 0. The molecule has 1 aromatic rings. The molecular weight excluding hydrogens is 216 g/mol. The minimum absolute atomic E-state index is 0.192. The molecule has 0 spiro atoms. The molecule has 1 atom stereocenters. The van der Waals surface area contributed by atoms with Crippen LogP contribution in [0.2, 0.25) is 0 Å². The first-order chi connectivity index (χ1) is 7.15. The highest BCUT2D eigenvalue weighted by Crippen LogP contribution is 2.14. The lowest BCUT2D eigenvalue weighted by molar-refractivity contribution is -0.158. The maximum absolute atomic E-state index is 11.3. The first-order valence-electron chi connectivity index (χ1n) is 4.55. The number of hydrogen-bond acceptors (Lipinski definition) is 4. The quantitative estimate of drug-likeness (QED) is 0.613. The molecule has 1 N–H and O–H groups in total. The predicted molar refractivity (Wildman–Crippen MR) is 55.8 cm³/mol. The van der Waals surface area contributed by atoms with Crippen LogP contribution in [0.1, 0.15) is 12.5 Å². The normalized spacial score (nSPS) is 12.1. The zero-order valence-corrected chi connectivity index (χ0v) is 9.12. The molecule has 0 radical (unpaired) electrons. The molecule has 1 rings (SSSR count). The number of aliphatic carboxylic acids is 1. The van der Waals surface area contributed by atoms with Gasteiger partial charge >= 0.3 is 11.9 Å². The number of carbonyl (C=O) groups is 2. The van der Waals surface area contributed by atoms with Gasteiger partial charge in [0.05, 0.1) is 6.61 Å². The molecule has 1 heterocycles. The van der Waals surface area contributed by atoms with Crippen molar-refractivity contribution in [3.05, 3.63) is 22.4 Å². The number of thiophene rings is 1. The van der Waals surface area contributed by atoms with Crippen LogP contribution < -0.4 is 0 Å². The van der Waals surface area contributed by atoms with Crippen LogP contribution in [0, 0.1) is 5.92 Å².